The van der Waals surface area contributed by atoms with E-state index in [9.17, 15) is 15.2 Å². The second-order valence-electron chi connectivity index (χ2n) is 5.17. The van der Waals surface area contributed by atoms with Crippen molar-refractivity contribution in [2.24, 2.45) is 0 Å². The normalized spacial score (nSPS) is 11.8. The summed E-state index contributed by atoms with van der Waals surface area (Å²) in [6.07, 6.45) is -0.755. The molecule has 2 N–H and O–H groups in total. The second kappa shape index (κ2) is 8.28. The Morgan fingerprint density at radius 2 is 1.88 bits per heavy atom. The summed E-state index contributed by atoms with van der Waals surface area (Å²) in [5.74, 6) is 1.41. The first-order valence-corrected chi connectivity index (χ1v) is 7.39. The average Bonchev–Trinajstić information content (AvgIpc) is 2.61. The van der Waals surface area contributed by atoms with Crippen LogP contribution in [0.3, 0.4) is 0 Å². The molecule has 7 nitrogen and oxygen atoms in total. The molecule has 24 heavy (non-hydrogen) atoms. The van der Waals surface area contributed by atoms with Gasteiger partial charge < -0.3 is 19.9 Å². The van der Waals surface area contributed by atoms with Crippen molar-refractivity contribution in [2.45, 2.75) is 12.6 Å². The van der Waals surface area contributed by atoms with Gasteiger partial charge in [0.1, 0.15) is 11.5 Å². The number of non-ortho nitro benzene ring substituents is 1. The van der Waals surface area contributed by atoms with Crippen molar-refractivity contribution in [3.05, 3.63) is 63.7 Å². The zero-order valence-corrected chi connectivity index (χ0v) is 13.6. The van der Waals surface area contributed by atoms with Crippen molar-refractivity contribution in [2.75, 3.05) is 20.8 Å². The third-order valence-corrected chi connectivity index (χ3v) is 3.64. The highest BCUT2D eigenvalue weighted by molar-refractivity contribution is 5.40. The van der Waals surface area contributed by atoms with Crippen LogP contribution in [0.2, 0.25) is 0 Å². The topological polar surface area (TPSA) is 93.9 Å². The van der Waals surface area contributed by atoms with Gasteiger partial charge in [-0.15, -0.1) is 0 Å². The van der Waals surface area contributed by atoms with Crippen LogP contribution >= 0.6 is 0 Å². The van der Waals surface area contributed by atoms with Crippen LogP contribution in [0.25, 0.3) is 0 Å². The summed E-state index contributed by atoms with van der Waals surface area (Å²) >= 11 is 0. The fourth-order valence-corrected chi connectivity index (χ4v) is 2.28. The predicted octanol–water partition coefficient (Wildman–Crippen LogP) is 2.44. The number of benzene rings is 2. The van der Waals surface area contributed by atoms with Crippen LogP contribution in [0.5, 0.6) is 11.5 Å². The molecule has 0 fully saturated rings. The Hall–Kier alpha value is -2.64. The first kappa shape index (κ1) is 17.7. The van der Waals surface area contributed by atoms with Crippen LogP contribution in [0.1, 0.15) is 17.2 Å². The van der Waals surface area contributed by atoms with E-state index < -0.39 is 11.0 Å². The van der Waals surface area contributed by atoms with E-state index in [0.29, 0.717) is 30.2 Å². The van der Waals surface area contributed by atoms with Crippen LogP contribution < -0.4 is 14.8 Å². The molecule has 0 aliphatic rings. The van der Waals surface area contributed by atoms with Crippen LogP contribution in [-0.2, 0) is 6.54 Å². The van der Waals surface area contributed by atoms with Gasteiger partial charge in [-0.25, -0.2) is 0 Å². The number of nitrogens with one attached hydrogen (secondary N) is 1. The number of aliphatic hydroxyl groups excluding tert-OH is 1. The van der Waals surface area contributed by atoms with Crippen molar-refractivity contribution < 1.29 is 19.5 Å². The van der Waals surface area contributed by atoms with Crippen LogP contribution in [0, 0.1) is 10.1 Å². The zero-order valence-electron chi connectivity index (χ0n) is 13.6. The summed E-state index contributed by atoms with van der Waals surface area (Å²) in [5.41, 5.74) is 1.56. The van der Waals surface area contributed by atoms with E-state index in [4.69, 9.17) is 9.47 Å². The van der Waals surface area contributed by atoms with Crippen molar-refractivity contribution in [1.82, 2.24) is 5.32 Å². The number of methoxy groups -OCH3 is 2. The number of hydrogen-bond acceptors (Lipinski definition) is 6. The molecule has 0 saturated heterocycles. The molecule has 0 amide bonds. The minimum Gasteiger partial charge on any atom is -0.497 e. The lowest BCUT2D eigenvalue weighted by Gasteiger charge is -2.14. The maximum atomic E-state index is 10.6. The molecule has 0 spiro atoms. The van der Waals surface area contributed by atoms with Gasteiger partial charge in [-0.3, -0.25) is 10.1 Å². The zero-order chi connectivity index (χ0) is 17.5. The largest absolute Gasteiger partial charge is 0.497 e. The van der Waals surface area contributed by atoms with Gasteiger partial charge in [0, 0.05) is 36.9 Å². The molecule has 2 rings (SSSR count). The number of nitro groups is 1. The van der Waals surface area contributed by atoms with Gasteiger partial charge in [0.25, 0.3) is 5.69 Å². The third kappa shape index (κ3) is 4.43. The number of aliphatic hydroxyl groups is 1. The SMILES string of the molecule is COc1ccc(CNC[C@@H](O)c2ccc([N+](=O)[O-])cc2)c(OC)c1. The summed E-state index contributed by atoms with van der Waals surface area (Å²) in [5, 5.41) is 23.9. The van der Waals surface area contributed by atoms with Crippen LogP contribution in [0.15, 0.2) is 42.5 Å². The molecule has 1 atom stereocenters. The minimum atomic E-state index is -0.755. The summed E-state index contributed by atoms with van der Waals surface area (Å²) in [4.78, 5) is 10.2. The van der Waals surface area contributed by atoms with E-state index in [1.165, 1.54) is 12.1 Å². The Bertz CT molecular complexity index is 688. The molecule has 2 aromatic rings. The van der Waals surface area contributed by atoms with Gasteiger partial charge in [0.2, 0.25) is 0 Å². The first-order chi connectivity index (χ1) is 11.5. The molecule has 7 heteroatoms. The number of rotatable bonds is 8. The smallest absolute Gasteiger partial charge is 0.269 e. The van der Waals surface area contributed by atoms with Crippen molar-refractivity contribution in [3.63, 3.8) is 0 Å². The predicted molar refractivity (Wildman–Crippen MR) is 89.3 cm³/mol. The Labute approximate surface area is 140 Å². The van der Waals surface area contributed by atoms with Gasteiger partial charge in [0.15, 0.2) is 0 Å². The number of nitrogens with zero attached hydrogens (tertiary/aromatic N) is 1. The van der Waals surface area contributed by atoms with Crippen LogP contribution in [0.4, 0.5) is 5.69 Å². The quantitative estimate of drug-likeness (QED) is 0.569. The van der Waals surface area contributed by atoms with Crippen molar-refractivity contribution in [3.8, 4) is 11.5 Å². The van der Waals surface area contributed by atoms with Gasteiger partial charge >= 0.3 is 0 Å². The monoisotopic (exact) mass is 332 g/mol. The standard InChI is InChI=1S/C17H20N2O5/c1-23-15-8-5-13(17(9-15)24-2)10-18-11-16(20)12-3-6-14(7-4-12)19(21)22/h3-9,16,18,20H,10-11H2,1-2H3/t16-/m1/s1. The van der Waals surface area contributed by atoms with E-state index in [2.05, 4.69) is 5.32 Å². The Kier molecular flexibility index (Phi) is 6.11. The molecular weight excluding hydrogens is 312 g/mol. The third-order valence-electron chi connectivity index (χ3n) is 3.64. The Morgan fingerprint density at radius 1 is 1.17 bits per heavy atom. The molecule has 128 valence electrons. The lowest BCUT2D eigenvalue weighted by atomic mass is 10.1. The lowest BCUT2D eigenvalue weighted by Crippen LogP contribution is -2.21. The molecule has 0 aliphatic heterocycles. The lowest BCUT2D eigenvalue weighted by molar-refractivity contribution is -0.384. The molecular formula is C17H20N2O5. The van der Waals surface area contributed by atoms with Gasteiger partial charge in [-0.1, -0.05) is 6.07 Å². The molecule has 0 aliphatic carbocycles. The Balaban J connectivity index is 1.92. The highest BCUT2D eigenvalue weighted by Crippen LogP contribution is 2.24. The van der Waals surface area contributed by atoms with E-state index in [-0.39, 0.29) is 5.69 Å². The van der Waals surface area contributed by atoms with Gasteiger partial charge in [-0.05, 0) is 23.8 Å². The summed E-state index contributed by atoms with van der Waals surface area (Å²) < 4.78 is 10.5. The molecule has 0 aromatic heterocycles. The second-order valence-corrected chi connectivity index (χ2v) is 5.17. The highest BCUT2D eigenvalue weighted by atomic mass is 16.6. The average molecular weight is 332 g/mol. The number of nitro benzene ring substituents is 1. The van der Waals surface area contributed by atoms with Gasteiger partial charge in [-0.2, -0.15) is 0 Å². The van der Waals surface area contributed by atoms with Gasteiger partial charge in [0.05, 0.1) is 25.2 Å². The van der Waals surface area contributed by atoms with E-state index in [1.54, 1.807) is 32.4 Å². The molecule has 0 saturated carbocycles. The molecule has 0 bridgehead atoms. The Morgan fingerprint density at radius 3 is 2.46 bits per heavy atom. The number of ether oxygens (including phenoxy) is 2. The maximum Gasteiger partial charge on any atom is 0.269 e. The summed E-state index contributed by atoms with van der Waals surface area (Å²) in [6.45, 7) is 0.824. The molecule has 0 unspecified atom stereocenters. The van der Waals surface area contributed by atoms with Crippen molar-refractivity contribution in [1.29, 1.82) is 0 Å². The first-order valence-electron chi connectivity index (χ1n) is 7.39. The van der Waals surface area contributed by atoms with E-state index in [1.807, 2.05) is 12.1 Å². The minimum absolute atomic E-state index is 0.00174. The fraction of sp³-hybridized carbons (Fsp3) is 0.294. The molecule has 2 aromatic carbocycles. The fourth-order valence-electron chi connectivity index (χ4n) is 2.28. The van der Waals surface area contributed by atoms with Crippen molar-refractivity contribution >= 4 is 5.69 Å². The maximum absolute atomic E-state index is 10.6. The van der Waals surface area contributed by atoms with E-state index in [0.717, 1.165) is 5.56 Å². The summed E-state index contributed by atoms with van der Waals surface area (Å²) in [6, 6.07) is 11.4. The van der Waals surface area contributed by atoms with E-state index >= 15 is 0 Å². The van der Waals surface area contributed by atoms with Crippen LogP contribution in [-0.4, -0.2) is 30.8 Å². The molecule has 0 heterocycles. The summed E-state index contributed by atoms with van der Waals surface area (Å²) in [7, 11) is 3.18. The number of hydrogen-bond donors (Lipinski definition) is 2. The highest BCUT2D eigenvalue weighted by Gasteiger charge is 2.11. The molecule has 0 radical (unpaired) electrons.